The second-order valence-corrected chi connectivity index (χ2v) is 3.78. The molecule has 0 fully saturated rings. The smallest absolute Gasteiger partial charge is 0.151 e. The highest BCUT2D eigenvalue weighted by molar-refractivity contribution is 5.82. The van der Waals surface area contributed by atoms with Gasteiger partial charge in [-0.1, -0.05) is 30.3 Å². The highest BCUT2D eigenvalue weighted by atomic mass is 16.1. The summed E-state index contributed by atoms with van der Waals surface area (Å²) in [6.07, 6.45) is 0. The van der Waals surface area contributed by atoms with Crippen LogP contribution >= 0.6 is 0 Å². The van der Waals surface area contributed by atoms with E-state index in [0.717, 1.165) is 5.56 Å². The Morgan fingerprint density at radius 1 is 1.21 bits per heavy atom. The van der Waals surface area contributed by atoms with E-state index in [2.05, 4.69) is 5.32 Å². The third-order valence-corrected chi connectivity index (χ3v) is 2.04. The van der Waals surface area contributed by atoms with Gasteiger partial charge < -0.3 is 5.32 Å². The van der Waals surface area contributed by atoms with Gasteiger partial charge in [-0.15, -0.1) is 0 Å². The molecule has 1 rings (SSSR count). The Bertz CT molecular complexity index is 292. The first-order valence-electron chi connectivity index (χ1n) is 4.92. The number of benzene rings is 1. The van der Waals surface area contributed by atoms with E-state index in [9.17, 15) is 4.79 Å². The number of Topliss-reactive ketones (excluding diaryl/α,β-unsaturated/α-hetero) is 1. The Morgan fingerprint density at radius 2 is 1.79 bits per heavy atom. The van der Waals surface area contributed by atoms with Gasteiger partial charge in [0.1, 0.15) is 0 Å². The maximum absolute atomic E-state index is 11.4. The van der Waals surface area contributed by atoms with Crippen LogP contribution in [-0.4, -0.2) is 11.8 Å². The number of hydrogen-bond donors (Lipinski definition) is 1. The van der Waals surface area contributed by atoms with Crippen molar-refractivity contribution in [2.24, 2.45) is 0 Å². The summed E-state index contributed by atoms with van der Waals surface area (Å²) in [6.45, 7) is 5.70. The molecule has 1 aromatic carbocycles. The van der Waals surface area contributed by atoms with Gasteiger partial charge in [0.15, 0.2) is 5.78 Å². The fraction of sp³-hybridized carbons (Fsp3) is 0.417. The van der Waals surface area contributed by atoms with Gasteiger partial charge in [0, 0.05) is 6.04 Å². The normalized spacial score (nSPS) is 12.9. The third-order valence-electron chi connectivity index (χ3n) is 2.04. The van der Waals surface area contributed by atoms with Crippen LogP contribution in [0.25, 0.3) is 0 Å². The van der Waals surface area contributed by atoms with E-state index < -0.39 is 0 Å². The molecule has 0 saturated heterocycles. The van der Waals surface area contributed by atoms with Crippen molar-refractivity contribution in [2.45, 2.75) is 32.9 Å². The molecule has 1 unspecified atom stereocenters. The molecule has 0 aromatic heterocycles. The molecule has 0 radical (unpaired) electrons. The topological polar surface area (TPSA) is 29.1 Å². The van der Waals surface area contributed by atoms with Gasteiger partial charge in [0.2, 0.25) is 0 Å². The van der Waals surface area contributed by atoms with E-state index in [4.69, 9.17) is 0 Å². The van der Waals surface area contributed by atoms with E-state index in [0.29, 0.717) is 6.04 Å². The molecule has 1 atom stereocenters. The summed E-state index contributed by atoms with van der Waals surface area (Å²) in [5.74, 6) is 0.157. The molecule has 0 saturated carbocycles. The number of nitrogens with one attached hydrogen (secondary N) is 1. The molecule has 2 nitrogen and oxygen atoms in total. The lowest BCUT2D eigenvalue weighted by molar-refractivity contribution is -0.119. The molecule has 0 aliphatic rings. The molecular weight excluding hydrogens is 174 g/mol. The molecule has 2 heteroatoms. The predicted molar refractivity (Wildman–Crippen MR) is 58.1 cm³/mol. The fourth-order valence-corrected chi connectivity index (χ4v) is 1.43. The lowest BCUT2D eigenvalue weighted by atomic mass is 10.0. The zero-order valence-electron chi connectivity index (χ0n) is 8.95. The third kappa shape index (κ3) is 2.96. The van der Waals surface area contributed by atoms with E-state index in [-0.39, 0.29) is 11.8 Å². The Kier molecular flexibility index (Phi) is 3.84. The second kappa shape index (κ2) is 4.91. The average Bonchev–Trinajstić information content (AvgIpc) is 2.15. The minimum absolute atomic E-state index is 0.157. The Morgan fingerprint density at radius 3 is 2.21 bits per heavy atom. The minimum Gasteiger partial charge on any atom is -0.302 e. The Labute approximate surface area is 85.3 Å². The number of ketones is 1. The monoisotopic (exact) mass is 191 g/mol. The molecule has 0 aliphatic heterocycles. The summed E-state index contributed by atoms with van der Waals surface area (Å²) in [7, 11) is 0. The van der Waals surface area contributed by atoms with Crippen LogP contribution in [0.3, 0.4) is 0 Å². The van der Waals surface area contributed by atoms with Crippen LogP contribution in [0, 0.1) is 0 Å². The molecule has 0 bridgehead atoms. The van der Waals surface area contributed by atoms with Crippen molar-refractivity contribution >= 4 is 5.78 Å². The molecule has 14 heavy (non-hydrogen) atoms. The van der Waals surface area contributed by atoms with E-state index in [1.54, 1.807) is 6.92 Å². The quantitative estimate of drug-likeness (QED) is 0.791. The summed E-state index contributed by atoms with van der Waals surface area (Å²) < 4.78 is 0. The molecule has 76 valence electrons. The molecule has 1 N–H and O–H groups in total. The Hall–Kier alpha value is -1.15. The lowest BCUT2D eigenvalue weighted by Gasteiger charge is -2.18. The van der Waals surface area contributed by atoms with Crippen molar-refractivity contribution in [2.75, 3.05) is 0 Å². The van der Waals surface area contributed by atoms with Crippen molar-refractivity contribution in [3.8, 4) is 0 Å². The number of carbonyl (C=O) groups excluding carboxylic acids is 1. The van der Waals surface area contributed by atoms with Crippen LogP contribution in [0.15, 0.2) is 30.3 Å². The van der Waals surface area contributed by atoms with Gasteiger partial charge >= 0.3 is 0 Å². The average molecular weight is 191 g/mol. The summed E-state index contributed by atoms with van der Waals surface area (Å²) in [5.41, 5.74) is 1.04. The number of carbonyl (C=O) groups is 1. The summed E-state index contributed by atoms with van der Waals surface area (Å²) in [4.78, 5) is 11.4. The SMILES string of the molecule is CC(=O)C(NC(C)C)c1ccccc1. The van der Waals surface area contributed by atoms with Crippen LogP contribution in [0.5, 0.6) is 0 Å². The number of hydrogen-bond acceptors (Lipinski definition) is 2. The molecule has 0 aliphatic carbocycles. The van der Waals surface area contributed by atoms with Crippen LogP contribution in [0.1, 0.15) is 32.4 Å². The van der Waals surface area contributed by atoms with Crippen molar-refractivity contribution in [3.05, 3.63) is 35.9 Å². The second-order valence-electron chi connectivity index (χ2n) is 3.78. The van der Waals surface area contributed by atoms with Crippen LogP contribution < -0.4 is 5.32 Å². The summed E-state index contributed by atoms with van der Waals surface area (Å²) in [6, 6.07) is 9.94. The van der Waals surface area contributed by atoms with Gasteiger partial charge in [-0.05, 0) is 26.3 Å². The zero-order valence-corrected chi connectivity index (χ0v) is 8.95. The minimum atomic E-state index is -0.170. The predicted octanol–water partition coefficient (Wildman–Crippen LogP) is 2.31. The van der Waals surface area contributed by atoms with Crippen LogP contribution in [-0.2, 0) is 4.79 Å². The summed E-state index contributed by atoms with van der Waals surface area (Å²) in [5, 5.41) is 3.25. The molecular formula is C12H17NO. The highest BCUT2D eigenvalue weighted by Crippen LogP contribution is 2.13. The highest BCUT2D eigenvalue weighted by Gasteiger charge is 2.16. The maximum Gasteiger partial charge on any atom is 0.151 e. The largest absolute Gasteiger partial charge is 0.302 e. The first-order chi connectivity index (χ1) is 6.61. The van der Waals surface area contributed by atoms with Crippen molar-refractivity contribution in [1.29, 1.82) is 0 Å². The van der Waals surface area contributed by atoms with Crippen molar-refractivity contribution < 1.29 is 4.79 Å². The van der Waals surface area contributed by atoms with Gasteiger partial charge in [-0.25, -0.2) is 0 Å². The standard InChI is InChI=1S/C12H17NO/c1-9(2)13-12(10(3)14)11-7-5-4-6-8-11/h4-9,12-13H,1-3H3. The Balaban J connectivity index is 2.84. The van der Waals surface area contributed by atoms with Gasteiger partial charge in [0.25, 0.3) is 0 Å². The van der Waals surface area contributed by atoms with Crippen LogP contribution in [0.2, 0.25) is 0 Å². The van der Waals surface area contributed by atoms with Gasteiger partial charge in [-0.3, -0.25) is 4.79 Å². The van der Waals surface area contributed by atoms with E-state index in [1.165, 1.54) is 0 Å². The van der Waals surface area contributed by atoms with Gasteiger partial charge in [-0.2, -0.15) is 0 Å². The van der Waals surface area contributed by atoms with Crippen molar-refractivity contribution in [1.82, 2.24) is 5.32 Å². The maximum atomic E-state index is 11.4. The van der Waals surface area contributed by atoms with Gasteiger partial charge in [0.05, 0.1) is 6.04 Å². The molecule has 1 aromatic rings. The van der Waals surface area contributed by atoms with Crippen molar-refractivity contribution in [3.63, 3.8) is 0 Å². The molecule has 0 heterocycles. The van der Waals surface area contributed by atoms with Crippen LogP contribution in [0.4, 0.5) is 0 Å². The van der Waals surface area contributed by atoms with E-state index >= 15 is 0 Å². The van der Waals surface area contributed by atoms with E-state index in [1.807, 2.05) is 44.2 Å². The zero-order chi connectivity index (χ0) is 10.6. The fourth-order valence-electron chi connectivity index (χ4n) is 1.43. The molecule has 0 amide bonds. The first kappa shape index (κ1) is 10.9. The number of rotatable bonds is 4. The summed E-state index contributed by atoms with van der Waals surface area (Å²) >= 11 is 0. The lowest BCUT2D eigenvalue weighted by Crippen LogP contribution is -2.32. The first-order valence-corrected chi connectivity index (χ1v) is 4.92. The molecule has 0 spiro atoms.